The molecule has 1 fully saturated rings. The summed E-state index contributed by atoms with van der Waals surface area (Å²) in [6, 6.07) is 15.4. The largest absolute Gasteiger partial charge is 0.371 e. The first kappa shape index (κ1) is 21.0. The number of anilines is 2. The predicted molar refractivity (Wildman–Crippen MR) is 138 cm³/mol. The molecule has 0 bridgehead atoms. The van der Waals surface area contributed by atoms with Gasteiger partial charge in [0.15, 0.2) is 0 Å². The SMILES string of the molecule is C=C1C=C(C)N=C(C)N1c1ccc(N2CCC(Cc3nsc4ccccc34)CC2)c(C)c1. The Morgan fingerprint density at radius 3 is 2.59 bits per heavy atom. The number of fused-ring (bicyclic) bond motifs is 1. The van der Waals surface area contributed by atoms with Crippen LogP contribution in [-0.2, 0) is 6.42 Å². The van der Waals surface area contributed by atoms with E-state index in [0.717, 1.165) is 42.4 Å². The number of hydrogen-bond acceptors (Lipinski definition) is 5. The Hall–Kier alpha value is -2.92. The normalized spacial score (nSPS) is 17.7. The number of amidine groups is 1. The lowest BCUT2D eigenvalue weighted by Crippen LogP contribution is -2.35. The van der Waals surface area contributed by atoms with E-state index in [0.29, 0.717) is 5.92 Å². The van der Waals surface area contributed by atoms with Crippen LogP contribution in [0.1, 0.15) is 37.9 Å². The molecule has 0 amide bonds. The zero-order valence-electron chi connectivity index (χ0n) is 19.1. The van der Waals surface area contributed by atoms with Crippen LogP contribution in [-0.4, -0.2) is 23.3 Å². The molecule has 1 aromatic heterocycles. The van der Waals surface area contributed by atoms with Gasteiger partial charge in [0.2, 0.25) is 0 Å². The number of nitrogens with zero attached hydrogens (tertiary/aromatic N) is 4. The fourth-order valence-corrected chi connectivity index (χ4v) is 5.88. The number of piperidine rings is 1. The van der Waals surface area contributed by atoms with Crippen molar-refractivity contribution >= 4 is 38.8 Å². The van der Waals surface area contributed by atoms with Crippen molar-refractivity contribution in [1.82, 2.24) is 4.37 Å². The van der Waals surface area contributed by atoms with Crippen molar-refractivity contribution in [1.29, 1.82) is 0 Å². The number of hydrogen-bond donors (Lipinski definition) is 0. The summed E-state index contributed by atoms with van der Waals surface area (Å²) in [5.74, 6) is 1.68. The quantitative estimate of drug-likeness (QED) is 0.449. The van der Waals surface area contributed by atoms with Gasteiger partial charge in [-0.1, -0.05) is 24.8 Å². The van der Waals surface area contributed by atoms with Gasteiger partial charge in [-0.05, 0) is 93.4 Å². The van der Waals surface area contributed by atoms with E-state index in [1.807, 2.05) is 19.9 Å². The molecular weight excluding hydrogens is 412 g/mol. The van der Waals surface area contributed by atoms with E-state index < -0.39 is 0 Å². The van der Waals surface area contributed by atoms with E-state index in [2.05, 4.69) is 70.8 Å². The van der Waals surface area contributed by atoms with Crippen LogP contribution in [0.3, 0.4) is 0 Å². The van der Waals surface area contributed by atoms with Crippen molar-refractivity contribution < 1.29 is 0 Å². The van der Waals surface area contributed by atoms with Crippen LogP contribution >= 0.6 is 11.5 Å². The topological polar surface area (TPSA) is 31.7 Å². The molecule has 3 aromatic rings. The summed E-state index contributed by atoms with van der Waals surface area (Å²) in [5.41, 5.74) is 7.04. The summed E-state index contributed by atoms with van der Waals surface area (Å²) in [6.07, 6.45) is 5.56. The van der Waals surface area contributed by atoms with Gasteiger partial charge in [0, 0.05) is 41.2 Å². The highest BCUT2D eigenvalue weighted by Gasteiger charge is 2.23. The van der Waals surface area contributed by atoms with Crippen LogP contribution in [0.15, 0.2) is 71.5 Å². The van der Waals surface area contributed by atoms with Gasteiger partial charge < -0.3 is 4.90 Å². The Morgan fingerprint density at radius 2 is 1.84 bits per heavy atom. The Morgan fingerprint density at radius 1 is 1.06 bits per heavy atom. The van der Waals surface area contributed by atoms with Crippen LogP contribution in [0.25, 0.3) is 10.1 Å². The molecule has 3 heterocycles. The minimum atomic E-state index is 0.710. The first-order valence-electron chi connectivity index (χ1n) is 11.4. The molecule has 0 atom stereocenters. The molecule has 0 aliphatic carbocycles. The van der Waals surface area contributed by atoms with Crippen molar-refractivity contribution in [3.8, 4) is 0 Å². The maximum absolute atomic E-state index is 4.75. The molecule has 2 aliphatic heterocycles. The van der Waals surface area contributed by atoms with E-state index in [1.54, 1.807) is 11.5 Å². The van der Waals surface area contributed by atoms with Crippen molar-refractivity contribution in [3.63, 3.8) is 0 Å². The molecule has 0 N–H and O–H groups in total. The minimum absolute atomic E-state index is 0.710. The highest BCUT2D eigenvalue weighted by atomic mass is 32.1. The molecule has 5 heteroatoms. The number of rotatable bonds is 4. The average Bonchev–Trinajstić information content (AvgIpc) is 3.17. The van der Waals surface area contributed by atoms with Crippen LogP contribution in [0.4, 0.5) is 11.4 Å². The maximum Gasteiger partial charge on any atom is 0.110 e. The fraction of sp³-hybridized carbons (Fsp3) is 0.333. The second kappa shape index (κ2) is 8.55. The van der Waals surface area contributed by atoms with E-state index >= 15 is 0 Å². The highest BCUT2D eigenvalue weighted by Crippen LogP contribution is 2.33. The summed E-state index contributed by atoms with van der Waals surface area (Å²) in [5, 5.41) is 1.34. The molecule has 2 aliphatic rings. The van der Waals surface area contributed by atoms with Crippen molar-refractivity contribution in [2.45, 2.75) is 40.0 Å². The van der Waals surface area contributed by atoms with Crippen molar-refractivity contribution in [3.05, 3.63) is 77.8 Å². The summed E-state index contributed by atoms with van der Waals surface area (Å²) in [4.78, 5) is 9.30. The first-order valence-corrected chi connectivity index (χ1v) is 12.2. The Kier molecular flexibility index (Phi) is 5.60. The molecule has 0 radical (unpaired) electrons. The molecule has 1 saturated heterocycles. The molecule has 0 saturated carbocycles. The van der Waals surface area contributed by atoms with E-state index in [-0.39, 0.29) is 0 Å². The molecular formula is C27H30N4S. The lowest BCUT2D eigenvalue weighted by Gasteiger charge is -2.35. The van der Waals surface area contributed by atoms with Crippen LogP contribution < -0.4 is 9.80 Å². The third-order valence-corrected chi connectivity index (χ3v) is 7.52. The third kappa shape index (κ3) is 3.97. The lowest BCUT2D eigenvalue weighted by atomic mass is 9.91. The van der Waals surface area contributed by atoms with Gasteiger partial charge in [-0.15, -0.1) is 0 Å². The molecule has 5 rings (SSSR count). The molecule has 0 spiro atoms. The first-order chi connectivity index (χ1) is 15.5. The second-order valence-electron chi connectivity index (χ2n) is 9.00. The van der Waals surface area contributed by atoms with Gasteiger partial charge in [-0.2, -0.15) is 4.37 Å². The average molecular weight is 443 g/mol. The fourth-order valence-electron chi connectivity index (χ4n) is 5.07. The van der Waals surface area contributed by atoms with Gasteiger partial charge in [0.25, 0.3) is 0 Å². The van der Waals surface area contributed by atoms with Gasteiger partial charge in [0.1, 0.15) is 5.84 Å². The Labute approximate surface area is 194 Å². The smallest absolute Gasteiger partial charge is 0.110 e. The zero-order valence-corrected chi connectivity index (χ0v) is 20.0. The summed E-state index contributed by atoms with van der Waals surface area (Å²) in [6.45, 7) is 12.7. The summed E-state index contributed by atoms with van der Waals surface area (Å²) in [7, 11) is 0. The Bertz CT molecular complexity index is 1230. The van der Waals surface area contributed by atoms with Crippen LogP contribution in [0.2, 0.25) is 0 Å². The number of allylic oxidation sites excluding steroid dienone is 2. The van der Waals surface area contributed by atoms with E-state index in [9.17, 15) is 0 Å². The van der Waals surface area contributed by atoms with Crippen LogP contribution in [0, 0.1) is 12.8 Å². The minimum Gasteiger partial charge on any atom is -0.371 e. The second-order valence-corrected chi connectivity index (χ2v) is 9.81. The molecule has 32 heavy (non-hydrogen) atoms. The van der Waals surface area contributed by atoms with E-state index in [1.165, 1.54) is 39.9 Å². The predicted octanol–water partition coefficient (Wildman–Crippen LogP) is 6.72. The van der Waals surface area contributed by atoms with E-state index in [4.69, 9.17) is 4.37 Å². The number of aryl methyl sites for hydroxylation is 1. The van der Waals surface area contributed by atoms with Gasteiger partial charge in [-0.3, -0.25) is 4.90 Å². The summed E-state index contributed by atoms with van der Waals surface area (Å²) >= 11 is 1.63. The highest BCUT2D eigenvalue weighted by molar-refractivity contribution is 7.13. The monoisotopic (exact) mass is 442 g/mol. The molecule has 0 unspecified atom stereocenters. The molecule has 2 aromatic carbocycles. The van der Waals surface area contributed by atoms with Crippen LogP contribution in [0.5, 0.6) is 0 Å². The number of benzene rings is 2. The van der Waals surface area contributed by atoms with Gasteiger partial charge in [-0.25, -0.2) is 4.99 Å². The van der Waals surface area contributed by atoms with Gasteiger partial charge >= 0.3 is 0 Å². The third-order valence-electron chi connectivity index (χ3n) is 6.65. The standard InChI is InChI=1S/C27H30N4S/c1-18-15-23(31-20(3)16-19(2)28-21(31)4)9-10-26(18)30-13-11-22(12-14-30)17-25-24-7-5-6-8-27(24)32-29-25/h5-10,15-16,22H,3,11-14,17H2,1-2,4H3. The Balaban J connectivity index is 1.26. The number of aromatic nitrogens is 1. The summed E-state index contributed by atoms with van der Waals surface area (Å²) < 4.78 is 6.06. The van der Waals surface area contributed by atoms with Crippen molar-refractivity contribution in [2.24, 2.45) is 10.9 Å². The molecule has 164 valence electrons. The molecule has 4 nitrogen and oxygen atoms in total. The lowest BCUT2D eigenvalue weighted by molar-refractivity contribution is 0.402. The van der Waals surface area contributed by atoms with Gasteiger partial charge in [0.05, 0.1) is 10.4 Å². The maximum atomic E-state index is 4.75. The van der Waals surface area contributed by atoms with Crippen molar-refractivity contribution in [2.75, 3.05) is 22.9 Å². The zero-order chi connectivity index (χ0) is 22.2. The number of aliphatic imine (C=N–C) groups is 1.